The third kappa shape index (κ3) is 2.58. The predicted molar refractivity (Wildman–Crippen MR) is 75.3 cm³/mol. The first-order valence-electron chi connectivity index (χ1n) is 6.29. The number of carbonyl (C=O) groups excluding carboxylic acids is 1. The van der Waals surface area contributed by atoms with Crippen molar-refractivity contribution in [2.45, 2.75) is 12.8 Å². The van der Waals surface area contributed by atoms with Crippen LogP contribution in [0.25, 0.3) is 0 Å². The summed E-state index contributed by atoms with van der Waals surface area (Å²) in [5.74, 6) is -1.58. The number of nitrogens with zero attached hydrogens (tertiary/aromatic N) is 1. The molecule has 1 saturated carbocycles. The van der Waals surface area contributed by atoms with E-state index in [1.54, 1.807) is 25.2 Å². The fraction of sp³-hybridized carbons (Fsp3) is 0.429. The molecule has 5 nitrogen and oxygen atoms in total. The van der Waals surface area contributed by atoms with Crippen LogP contribution in [0.4, 0.5) is 5.69 Å². The molecule has 2 rings (SSSR count). The number of carboxylic acid groups (broad SMARTS) is 1. The largest absolute Gasteiger partial charge is 0.495 e. The van der Waals surface area contributed by atoms with Crippen LogP contribution in [0.3, 0.4) is 0 Å². The van der Waals surface area contributed by atoms with Gasteiger partial charge in [-0.2, -0.15) is 0 Å². The van der Waals surface area contributed by atoms with Crippen LogP contribution in [0.2, 0.25) is 5.02 Å². The number of aliphatic carboxylic acids is 1. The second-order valence-electron chi connectivity index (χ2n) is 4.84. The van der Waals surface area contributed by atoms with E-state index in [4.69, 9.17) is 21.4 Å². The van der Waals surface area contributed by atoms with E-state index in [2.05, 4.69) is 0 Å². The molecule has 0 saturated heterocycles. The molecule has 0 radical (unpaired) electrons. The van der Waals surface area contributed by atoms with Crippen molar-refractivity contribution in [1.29, 1.82) is 0 Å². The molecule has 1 aliphatic carbocycles. The molecule has 0 aliphatic heterocycles. The van der Waals surface area contributed by atoms with Gasteiger partial charge in [-0.3, -0.25) is 9.59 Å². The quantitative estimate of drug-likeness (QED) is 0.927. The maximum absolute atomic E-state index is 12.3. The number of amides is 1. The Hall–Kier alpha value is -1.75. The van der Waals surface area contributed by atoms with Gasteiger partial charge in [0.05, 0.1) is 24.0 Å². The van der Waals surface area contributed by atoms with Gasteiger partial charge in [-0.15, -0.1) is 0 Å². The zero-order chi connectivity index (χ0) is 14.9. The van der Waals surface area contributed by atoms with E-state index in [0.29, 0.717) is 29.3 Å². The van der Waals surface area contributed by atoms with Gasteiger partial charge < -0.3 is 14.7 Å². The highest BCUT2D eigenvalue weighted by molar-refractivity contribution is 6.32. The standard InChI is InChI=1S/C14H16ClNO4/c1-16(8-3-6-12(20-2)11(15)7-8)13(17)9-4-5-10(9)14(18)19/h3,6-7,9-10H,4-5H2,1-2H3,(H,18,19). The van der Waals surface area contributed by atoms with E-state index in [1.807, 2.05) is 0 Å². The third-order valence-electron chi connectivity index (χ3n) is 3.76. The number of halogens is 1. The summed E-state index contributed by atoms with van der Waals surface area (Å²) in [6.45, 7) is 0. The Kier molecular flexibility index (Phi) is 4.18. The van der Waals surface area contributed by atoms with Gasteiger partial charge in [0.15, 0.2) is 0 Å². The van der Waals surface area contributed by atoms with Gasteiger partial charge in [-0.05, 0) is 31.0 Å². The summed E-state index contributed by atoms with van der Waals surface area (Å²) in [6, 6.07) is 5.03. The van der Waals surface area contributed by atoms with Crippen LogP contribution in [-0.2, 0) is 9.59 Å². The van der Waals surface area contributed by atoms with Crippen LogP contribution < -0.4 is 9.64 Å². The van der Waals surface area contributed by atoms with E-state index < -0.39 is 17.8 Å². The van der Waals surface area contributed by atoms with Crippen LogP contribution in [0.15, 0.2) is 18.2 Å². The summed E-state index contributed by atoms with van der Waals surface area (Å²) in [5.41, 5.74) is 0.622. The van der Waals surface area contributed by atoms with Gasteiger partial charge in [0.25, 0.3) is 0 Å². The zero-order valence-corrected chi connectivity index (χ0v) is 12.1. The summed E-state index contributed by atoms with van der Waals surface area (Å²) in [5, 5.41) is 9.42. The first kappa shape index (κ1) is 14.7. The molecule has 2 atom stereocenters. The molecular formula is C14H16ClNO4. The lowest BCUT2D eigenvalue weighted by Gasteiger charge is -2.35. The van der Waals surface area contributed by atoms with E-state index in [0.717, 1.165) is 0 Å². The molecule has 1 N–H and O–H groups in total. The van der Waals surface area contributed by atoms with Gasteiger partial charge in [0, 0.05) is 12.7 Å². The minimum atomic E-state index is -0.907. The first-order valence-corrected chi connectivity index (χ1v) is 6.67. The number of hydrogen-bond donors (Lipinski definition) is 1. The topological polar surface area (TPSA) is 66.8 Å². The highest BCUT2D eigenvalue weighted by Crippen LogP contribution is 2.37. The molecule has 108 valence electrons. The fourth-order valence-corrected chi connectivity index (χ4v) is 2.58. The second-order valence-corrected chi connectivity index (χ2v) is 5.25. The van der Waals surface area contributed by atoms with Crippen molar-refractivity contribution in [1.82, 2.24) is 0 Å². The van der Waals surface area contributed by atoms with Crippen LogP contribution >= 0.6 is 11.6 Å². The maximum Gasteiger partial charge on any atom is 0.307 e. The normalized spacial score (nSPS) is 20.9. The third-order valence-corrected chi connectivity index (χ3v) is 4.06. The highest BCUT2D eigenvalue weighted by Gasteiger charge is 2.42. The summed E-state index contributed by atoms with van der Waals surface area (Å²) < 4.78 is 5.06. The minimum absolute atomic E-state index is 0.190. The van der Waals surface area contributed by atoms with Crippen molar-refractivity contribution >= 4 is 29.2 Å². The molecule has 6 heteroatoms. The summed E-state index contributed by atoms with van der Waals surface area (Å²) in [7, 11) is 3.14. The number of carbonyl (C=O) groups is 2. The van der Waals surface area contributed by atoms with Gasteiger partial charge in [-0.1, -0.05) is 11.6 Å². The average molecular weight is 298 g/mol. The van der Waals surface area contributed by atoms with E-state index in [-0.39, 0.29) is 5.91 Å². The van der Waals surface area contributed by atoms with Crippen molar-refractivity contribution in [3.8, 4) is 5.75 Å². The summed E-state index contributed by atoms with van der Waals surface area (Å²) in [6.07, 6.45) is 1.17. The summed E-state index contributed by atoms with van der Waals surface area (Å²) >= 11 is 6.03. The predicted octanol–water partition coefficient (Wildman–Crippen LogP) is 2.42. The molecule has 2 unspecified atom stereocenters. The molecule has 1 aromatic rings. The molecule has 1 amide bonds. The van der Waals surface area contributed by atoms with E-state index in [1.165, 1.54) is 12.0 Å². The Morgan fingerprint density at radius 2 is 2.00 bits per heavy atom. The zero-order valence-electron chi connectivity index (χ0n) is 11.3. The van der Waals surface area contributed by atoms with Crippen LogP contribution in [0.1, 0.15) is 12.8 Å². The monoisotopic (exact) mass is 297 g/mol. The molecule has 1 aliphatic rings. The molecule has 1 aromatic carbocycles. The second kappa shape index (κ2) is 5.71. The SMILES string of the molecule is COc1ccc(N(C)C(=O)C2CCC2C(=O)O)cc1Cl. The number of ether oxygens (including phenoxy) is 1. The van der Waals surface area contributed by atoms with Crippen molar-refractivity contribution in [2.24, 2.45) is 11.8 Å². The molecule has 0 heterocycles. The van der Waals surface area contributed by atoms with Gasteiger partial charge >= 0.3 is 5.97 Å². The molecule has 0 spiro atoms. The van der Waals surface area contributed by atoms with Crippen LogP contribution in [0, 0.1) is 11.8 Å². The molecule has 0 aromatic heterocycles. The van der Waals surface area contributed by atoms with Gasteiger partial charge in [0.1, 0.15) is 5.75 Å². The Morgan fingerprint density at radius 3 is 2.45 bits per heavy atom. The Balaban J connectivity index is 2.15. The van der Waals surface area contributed by atoms with Crippen molar-refractivity contribution < 1.29 is 19.4 Å². The lowest BCUT2D eigenvalue weighted by Crippen LogP contribution is -2.44. The molecular weight excluding hydrogens is 282 g/mol. The van der Waals surface area contributed by atoms with Gasteiger partial charge in [-0.25, -0.2) is 0 Å². The van der Waals surface area contributed by atoms with E-state index in [9.17, 15) is 9.59 Å². The Labute approximate surface area is 122 Å². The lowest BCUT2D eigenvalue weighted by molar-refractivity contribution is -0.151. The van der Waals surface area contributed by atoms with Crippen molar-refractivity contribution in [3.63, 3.8) is 0 Å². The molecule has 0 bridgehead atoms. The number of rotatable bonds is 4. The number of hydrogen-bond acceptors (Lipinski definition) is 3. The van der Waals surface area contributed by atoms with Crippen molar-refractivity contribution in [3.05, 3.63) is 23.2 Å². The van der Waals surface area contributed by atoms with Crippen LogP contribution in [-0.4, -0.2) is 31.1 Å². The van der Waals surface area contributed by atoms with E-state index >= 15 is 0 Å². The fourth-order valence-electron chi connectivity index (χ4n) is 2.33. The minimum Gasteiger partial charge on any atom is -0.495 e. The Morgan fingerprint density at radius 1 is 1.35 bits per heavy atom. The first-order chi connectivity index (χ1) is 9.45. The number of benzene rings is 1. The summed E-state index contributed by atoms with van der Waals surface area (Å²) in [4.78, 5) is 24.7. The number of carboxylic acids is 1. The van der Waals surface area contributed by atoms with Gasteiger partial charge in [0.2, 0.25) is 5.91 Å². The Bertz CT molecular complexity index is 546. The highest BCUT2D eigenvalue weighted by atomic mass is 35.5. The lowest BCUT2D eigenvalue weighted by atomic mass is 9.73. The average Bonchev–Trinajstić information content (AvgIpc) is 2.35. The molecule has 20 heavy (non-hydrogen) atoms. The van der Waals surface area contributed by atoms with Crippen molar-refractivity contribution in [2.75, 3.05) is 19.1 Å². The molecule has 1 fully saturated rings. The maximum atomic E-state index is 12.3. The number of methoxy groups -OCH3 is 1. The smallest absolute Gasteiger partial charge is 0.307 e. The number of anilines is 1. The van der Waals surface area contributed by atoms with Crippen LogP contribution in [0.5, 0.6) is 5.75 Å².